The summed E-state index contributed by atoms with van der Waals surface area (Å²) in [6.45, 7) is 2.81. The molecule has 0 aliphatic rings. The summed E-state index contributed by atoms with van der Waals surface area (Å²) in [6, 6.07) is 3.41. The second-order valence-corrected chi connectivity index (χ2v) is 3.43. The molecule has 3 N–H and O–H groups in total. The highest BCUT2D eigenvalue weighted by molar-refractivity contribution is 5.96. The zero-order valence-electron chi connectivity index (χ0n) is 9.39. The van der Waals surface area contributed by atoms with Gasteiger partial charge < -0.3 is 15.7 Å². The molecular formula is C11H17N3O2. The lowest BCUT2D eigenvalue weighted by Crippen LogP contribution is -2.13. The third kappa shape index (κ3) is 3.76. The zero-order chi connectivity index (χ0) is 11.8. The maximum Gasteiger partial charge on any atom is 0.213 e. The first-order valence-corrected chi connectivity index (χ1v) is 5.34. The number of nitrogens with zero attached hydrogens (tertiary/aromatic N) is 2. The molecule has 1 aromatic heterocycles. The van der Waals surface area contributed by atoms with Crippen LogP contribution in [-0.4, -0.2) is 22.6 Å². The van der Waals surface area contributed by atoms with Gasteiger partial charge in [0.15, 0.2) is 5.84 Å². The molecule has 0 saturated carbocycles. The number of oxime groups is 1. The van der Waals surface area contributed by atoms with Crippen LogP contribution in [0.25, 0.3) is 0 Å². The van der Waals surface area contributed by atoms with Crippen molar-refractivity contribution >= 4 is 5.84 Å². The van der Waals surface area contributed by atoms with Gasteiger partial charge >= 0.3 is 0 Å². The molecule has 0 atom stereocenters. The van der Waals surface area contributed by atoms with Gasteiger partial charge in [0.05, 0.1) is 6.61 Å². The SMILES string of the molecule is CCCCCOc1ccc(/C(N)=N/O)cn1. The summed E-state index contributed by atoms with van der Waals surface area (Å²) in [5.41, 5.74) is 5.98. The van der Waals surface area contributed by atoms with E-state index in [0.717, 1.165) is 12.8 Å². The molecule has 0 saturated heterocycles. The van der Waals surface area contributed by atoms with E-state index in [0.29, 0.717) is 18.1 Å². The Morgan fingerprint density at radius 1 is 1.50 bits per heavy atom. The van der Waals surface area contributed by atoms with E-state index in [9.17, 15) is 0 Å². The van der Waals surface area contributed by atoms with Crippen molar-refractivity contribution in [1.82, 2.24) is 4.98 Å². The lowest BCUT2D eigenvalue weighted by molar-refractivity contribution is 0.295. The number of aromatic nitrogens is 1. The van der Waals surface area contributed by atoms with Gasteiger partial charge in [-0.1, -0.05) is 24.9 Å². The first kappa shape index (κ1) is 12.3. The Hall–Kier alpha value is -1.78. The molecule has 88 valence electrons. The Bertz CT molecular complexity index is 336. The van der Waals surface area contributed by atoms with E-state index in [1.807, 2.05) is 0 Å². The van der Waals surface area contributed by atoms with Crippen LogP contribution in [0.2, 0.25) is 0 Å². The summed E-state index contributed by atoms with van der Waals surface area (Å²) >= 11 is 0. The number of pyridine rings is 1. The fraction of sp³-hybridized carbons (Fsp3) is 0.455. The quantitative estimate of drug-likeness (QED) is 0.253. The average Bonchev–Trinajstić information content (AvgIpc) is 2.34. The summed E-state index contributed by atoms with van der Waals surface area (Å²) in [5.74, 6) is 0.607. The maximum atomic E-state index is 8.46. The van der Waals surface area contributed by atoms with Gasteiger partial charge in [-0.15, -0.1) is 0 Å². The third-order valence-corrected chi connectivity index (χ3v) is 2.14. The van der Waals surface area contributed by atoms with Crippen molar-refractivity contribution in [1.29, 1.82) is 0 Å². The summed E-state index contributed by atoms with van der Waals surface area (Å²) in [6.07, 6.45) is 4.87. The molecule has 16 heavy (non-hydrogen) atoms. The van der Waals surface area contributed by atoms with Gasteiger partial charge in [-0.3, -0.25) is 0 Å². The standard InChI is InChI=1S/C11H17N3O2/c1-2-3-4-7-16-10-6-5-9(8-13-10)11(12)14-15/h5-6,8,15H,2-4,7H2,1H3,(H2,12,14). The van der Waals surface area contributed by atoms with Gasteiger partial charge in [-0.2, -0.15) is 0 Å². The molecule has 0 fully saturated rings. The van der Waals surface area contributed by atoms with Crippen LogP contribution in [0.1, 0.15) is 31.7 Å². The van der Waals surface area contributed by atoms with E-state index in [-0.39, 0.29) is 5.84 Å². The molecule has 1 rings (SSSR count). The monoisotopic (exact) mass is 223 g/mol. The predicted molar refractivity (Wildman–Crippen MR) is 61.8 cm³/mol. The molecule has 1 aromatic rings. The molecule has 0 amide bonds. The van der Waals surface area contributed by atoms with E-state index in [1.165, 1.54) is 12.6 Å². The maximum absolute atomic E-state index is 8.46. The second kappa shape index (κ2) is 6.66. The molecule has 0 bridgehead atoms. The minimum atomic E-state index is 0.0463. The number of nitrogens with two attached hydrogens (primary N) is 1. The van der Waals surface area contributed by atoms with Crippen molar-refractivity contribution in [3.63, 3.8) is 0 Å². The number of amidine groups is 1. The van der Waals surface area contributed by atoms with Crippen LogP contribution < -0.4 is 10.5 Å². The van der Waals surface area contributed by atoms with E-state index < -0.39 is 0 Å². The number of ether oxygens (including phenoxy) is 1. The van der Waals surface area contributed by atoms with Crippen LogP contribution in [0.15, 0.2) is 23.5 Å². The van der Waals surface area contributed by atoms with E-state index in [1.54, 1.807) is 12.1 Å². The Morgan fingerprint density at radius 3 is 2.88 bits per heavy atom. The van der Waals surface area contributed by atoms with Crippen molar-refractivity contribution in [2.75, 3.05) is 6.61 Å². The van der Waals surface area contributed by atoms with Gasteiger partial charge in [0.25, 0.3) is 0 Å². The molecule has 0 aliphatic heterocycles. The second-order valence-electron chi connectivity index (χ2n) is 3.43. The molecule has 0 unspecified atom stereocenters. The Labute approximate surface area is 94.9 Å². The number of unbranched alkanes of at least 4 members (excludes halogenated alkanes) is 2. The lowest BCUT2D eigenvalue weighted by atomic mass is 10.2. The third-order valence-electron chi connectivity index (χ3n) is 2.14. The number of rotatable bonds is 6. The van der Waals surface area contributed by atoms with Crippen LogP contribution in [0.3, 0.4) is 0 Å². The topological polar surface area (TPSA) is 80.7 Å². The van der Waals surface area contributed by atoms with Gasteiger partial charge in [0, 0.05) is 17.8 Å². The summed E-state index contributed by atoms with van der Waals surface area (Å²) in [5, 5.41) is 11.4. The highest BCUT2D eigenvalue weighted by Crippen LogP contribution is 2.08. The van der Waals surface area contributed by atoms with Gasteiger partial charge in [-0.05, 0) is 12.5 Å². The molecule has 1 heterocycles. The molecular weight excluding hydrogens is 206 g/mol. The van der Waals surface area contributed by atoms with Gasteiger partial charge in [0.1, 0.15) is 0 Å². The smallest absolute Gasteiger partial charge is 0.213 e. The van der Waals surface area contributed by atoms with Crippen molar-refractivity contribution in [3.05, 3.63) is 23.9 Å². The van der Waals surface area contributed by atoms with Gasteiger partial charge in [-0.25, -0.2) is 4.98 Å². The average molecular weight is 223 g/mol. The van der Waals surface area contributed by atoms with Crippen LogP contribution in [0.4, 0.5) is 0 Å². The Morgan fingerprint density at radius 2 is 2.31 bits per heavy atom. The molecule has 0 radical (unpaired) electrons. The first-order valence-electron chi connectivity index (χ1n) is 5.34. The first-order chi connectivity index (χ1) is 7.77. The van der Waals surface area contributed by atoms with Crippen LogP contribution in [0, 0.1) is 0 Å². The summed E-state index contributed by atoms with van der Waals surface area (Å²) in [4.78, 5) is 4.05. The normalized spacial score (nSPS) is 11.4. The minimum absolute atomic E-state index is 0.0463. The van der Waals surface area contributed by atoms with Crippen LogP contribution >= 0.6 is 0 Å². The molecule has 5 heteroatoms. The van der Waals surface area contributed by atoms with Crippen molar-refractivity contribution in [2.45, 2.75) is 26.2 Å². The van der Waals surface area contributed by atoms with E-state index >= 15 is 0 Å². The molecule has 0 spiro atoms. The number of hydrogen-bond donors (Lipinski definition) is 2. The lowest BCUT2D eigenvalue weighted by Gasteiger charge is -2.05. The minimum Gasteiger partial charge on any atom is -0.478 e. The fourth-order valence-corrected chi connectivity index (χ4v) is 1.20. The van der Waals surface area contributed by atoms with Crippen LogP contribution in [-0.2, 0) is 0 Å². The fourth-order valence-electron chi connectivity index (χ4n) is 1.20. The Kier molecular flexibility index (Phi) is 5.11. The summed E-state index contributed by atoms with van der Waals surface area (Å²) < 4.78 is 5.42. The molecule has 0 aromatic carbocycles. The zero-order valence-corrected chi connectivity index (χ0v) is 9.39. The van der Waals surface area contributed by atoms with E-state index in [2.05, 4.69) is 17.1 Å². The summed E-state index contributed by atoms with van der Waals surface area (Å²) in [7, 11) is 0. The largest absolute Gasteiger partial charge is 0.478 e. The van der Waals surface area contributed by atoms with E-state index in [4.69, 9.17) is 15.7 Å². The predicted octanol–water partition coefficient (Wildman–Crippen LogP) is 1.75. The number of hydrogen-bond acceptors (Lipinski definition) is 4. The van der Waals surface area contributed by atoms with Crippen LogP contribution in [0.5, 0.6) is 5.88 Å². The van der Waals surface area contributed by atoms with Crippen molar-refractivity contribution in [2.24, 2.45) is 10.9 Å². The highest BCUT2D eigenvalue weighted by Gasteiger charge is 2.00. The van der Waals surface area contributed by atoms with Crippen molar-refractivity contribution < 1.29 is 9.94 Å². The van der Waals surface area contributed by atoms with Crippen molar-refractivity contribution in [3.8, 4) is 5.88 Å². The highest BCUT2D eigenvalue weighted by atomic mass is 16.5. The Balaban J connectivity index is 2.45. The molecule has 5 nitrogen and oxygen atoms in total. The molecule has 0 aliphatic carbocycles. The van der Waals surface area contributed by atoms with Gasteiger partial charge in [0.2, 0.25) is 5.88 Å².